The van der Waals surface area contributed by atoms with Crippen LogP contribution in [0.25, 0.3) is 0 Å². The summed E-state index contributed by atoms with van der Waals surface area (Å²) in [7, 11) is 0. The number of nitrogens with two attached hydrogens (primary N) is 1. The molecule has 0 spiro atoms. The molecule has 1 aromatic carbocycles. The average molecular weight is 233 g/mol. The molecule has 0 aliphatic carbocycles. The Bertz CT molecular complexity index is 411. The van der Waals surface area contributed by atoms with E-state index in [2.05, 4.69) is 5.32 Å². The average Bonchev–Trinajstić information content (AvgIpc) is 2.36. The van der Waals surface area contributed by atoms with E-state index in [0.29, 0.717) is 5.69 Å². The largest absolute Gasteiger partial charge is 0.398 e. The predicted molar refractivity (Wildman–Crippen MR) is 70.7 cm³/mol. The minimum Gasteiger partial charge on any atom is -0.398 e. The summed E-state index contributed by atoms with van der Waals surface area (Å²) in [4.78, 5) is 0. The number of ether oxygens (including phenoxy) is 1. The first-order chi connectivity index (χ1) is 8.22. The second-order valence-corrected chi connectivity index (χ2v) is 4.40. The van der Waals surface area contributed by atoms with Crippen LogP contribution in [0.15, 0.2) is 12.1 Å². The van der Waals surface area contributed by atoms with Crippen LogP contribution in [0, 0.1) is 12.3 Å². The summed E-state index contributed by atoms with van der Waals surface area (Å²) in [5.41, 5.74) is 9.27. The predicted octanol–water partition coefficient (Wildman–Crippen LogP) is 2.51. The summed E-state index contributed by atoms with van der Waals surface area (Å²) in [5, 5.41) is 10.8. The molecule has 1 aromatic rings. The van der Waals surface area contributed by atoms with Gasteiger partial charge in [0.25, 0.3) is 0 Å². The molecule has 4 N–H and O–H groups in total. The molecule has 0 amide bonds. The molecule has 4 heteroatoms. The maximum absolute atomic E-state index is 7.45. The van der Waals surface area contributed by atoms with E-state index < -0.39 is 0 Å². The summed E-state index contributed by atoms with van der Waals surface area (Å²) in [5.74, 6) is 0. The fourth-order valence-electron chi connectivity index (χ4n) is 2.05. The molecular weight excluding hydrogens is 214 g/mol. The summed E-state index contributed by atoms with van der Waals surface area (Å²) < 4.78 is 5.62. The molecule has 1 atom stereocenters. The smallest absolute Gasteiger partial charge is 0.127 e. The Morgan fingerprint density at radius 3 is 2.94 bits per heavy atom. The molecule has 1 heterocycles. The number of hydrogen-bond acceptors (Lipinski definition) is 4. The number of rotatable bonds is 3. The van der Waals surface area contributed by atoms with Gasteiger partial charge >= 0.3 is 0 Å². The molecule has 1 saturated heterocycles. The third-order valence-corrected chi connectivity index (χ3v) is 3.15. The van der Waals surface area contributed by atoms with E-state index in [-0.39, 0.29) is 6.23 Å². The third kappa shape index (κ3) is 2.58. The van der Waals surface area contributed by atoms with Crippen molar-refractivity contribution >= 4 is 17.6 Å². The molecular formula is C13H19N3O. The molecule has 4 nitrogen and oxygen atoms in total. The Morgan fingerprint density at radius 2 is 2.29 bits per heavy atom. The third-order valence-electron chi connectivity index (χ3n) is 3.15. The van der Waals surface area contributed by atoms with Crippen molar-refractivity contribution in [2.75, 3.05) is 17.7 Å². The lowest BCUT2D eigenvalue weighted by atomic mass is 10.1. The number of nitrogens with one attached hydrogen (secondary N) is 2. The first-order valence-electron chi connectivity index (χ1n) is 6.00. The van der Waals surface area contributed by atoms with Crippen molar-refractivity contribution in [3.05, 3.63) is 23.3 Å². The molecule has 1 fully saturated rings. The van der Waals surface area contributed by atoms with Crippen molar-refractivity contribution in [1.82, 2.24) is 0 Å². The van der Waals surface area contributed by atoms with Gasteiger partial charge < -0.3 is 21.2 Å². The molecule has 1 aliphatic rings. The Morgan fingerprint density at radius 1 is 1.47 bits per heavy atom. The van der Waals surface area contributed by atoms with Crippen LogP contribution in [0.2, 0.25) is 0 Å². The van der Waals surface area contributed by atoms with Gasteiger partial charge in [0.1, 0.15) is 6.23 Å². The fraction of sp³-hybridized carbons (Fsp3) is 0.462. The Balaban J connectivity index is 2.19. The van der Waals surface area contributed by atoms with Crippen LogP contribution < -0.4 is 11.1 Å². The maximum atomic E-state index is 7.45. The zero-order valence-corrected chi connectivity index (χ0v) is 10.1. The molecule has 0 saturated carbocycles. The van der Waals surface area contributed by atoms with Gasteiger partial charge in [-0.15, -0.1) is 0 Å². The quantitative estimate of drug-likeness (QED) is 0.555. The first kappa shape index (κ1) is 11.9. The Labute approximate surface area is 102 Å². The number of hydrogen-bond donors (Lipinski definition) is 3. The van der Waals surface area contributed by atoms with Gasteiger partial charge in [-0.1, -0.05) is 6.07 Å². The van der Waals surface area contributed by atoms with Crippen LogP contribution in [0.1, 0.15) is 30.4 Å². The second kappa shape index (κ2) is 5.19. The zero-order valence-electron chi connectivity index (χ0n) is 10.1. The topological polar surface area (TPSA) is 71.1 Å². The van der Waals surface area contributed by atoms with Gasteiger partial charge in [0.05, 0.1) is 0 Å². The van der Waals surface area contributed by atoms with E-state index in [9.17, 15) is 0 Å². The molecule has 0 aromatic heterocycles. The molecule has 92 valence electrons. The lowest BCUT2D eigenvalue weighted by molar-refractivity contribution is 0.0343. The van der Waals surface area contributed by atoms with E-state index in [4.69, 9.17) is 15.9 Å². The van der Waals surface area contributed by atoms with Crippen molar-refractivity contribution in [1.29, 1.82) is 5.41 Å². The van der Waals surface area contributed by atoms with E-state index >= 15 is 0 Å². The van der Waals surface area contributed by atoms with Crippen molar-refractivity contribution in [2.24, 2.45) is 0 Å². The number of nitrogen functional groups attached to an aromatic ring is 1. The molecule has 0 radical (unpaired) electrons. The minimum absolute atomic E-state index is 0.0459. The maximum Gasteiger partial charge on any atom is 0.127 e. The lowest BCUT2D eigenvalue weighted by Gasteiger charge is -2.25. The van der Waals surface area contributed by atoms with Gasteiger partial charge in [0.2, 0.25) is 0 Å². The summed E-state index contributed by atoms with van der Waals surface area (Å²) in [6.45, 7) is 2.75. The van der Waals surface area contributed by atoms with Gasteiger partial charge in [0.15, 0.2) is 0 Å². The molecule has 1 unspecified atom stereocenters. The standard InChI is InChI=1S/C13H19N3O/c1-9-5-6-11(10(8-14)13(9)15)16-12-4-2-3-7-17-12/h5-6,8,12,14,16H,2-4,7,15H2,1H3. The lowest BCUT2D eigenvalue weighted by Crippen LogP contribution is -2.27. The summed E-state index contributed by atoms with van der Waals surface area (Å²) in [6, 6.07) is 3.93. The monoisotopic (exact) mass is 233 g/mol. The Kier molecular flexibility index (Phi) is 3.64. The number of benzene rings is 1. The van der Waals surface area contributed by atoms with Crippen molar-refractivity contribution in [3.63, 3.8) is 0 Å². The van der Waals surface area contributed by atoms with Gasteiger partial charge in [-0.25, -0.2) is 0 Å². The van der Waals surface area contributed by atoms with Crippen molar-refractivity contribution in [3.8, 4) is 0 Å². The number of aryl methyl sites for hydroxylation is 1. The minimum atomic E-state index is 0.0459. The SMILES string of the molecule is Cc1ccc(NC2CCCCO2)c(C=N)c1N. The van der Waals surface area contributed by atoms with Crippen LogP contribution >= 0.6 is 0 Å². The van der Waals surface area contributed by atoms with Gasteiger partial charge in [-0.3, -0.25) is 0 Å². The zero-order chi connectivity index (χ0) is 12.3. The fourth-order valence-corrected chi connectivity index (χ4v) is 2.05. The van der Waals surface area contributed by atoms with Crippen LogP contribution in [-0.2, 0) is 4.74 Å². The molecule has 1 aliphatic heterocycles. The van der Waals surface area contributed by atoms with E-state index in [1.807, 2.05) is 19.1 Å². The molecule has 2 rings (SSSR count). The summed E-state index contributed by atoms with van der Waals surface area (Å²) >= 11 is 0. The van der Waals surface area contributed by atoms with Gasteiger partial charge in [-0.2, -0.15) is 0 Å². The second-order valence-electron chi connectivity index (χ2n) is 4.40. The van der Waals surface area contributed by atoms with Crippen molar-refractivity contribution < 1.29 is 4.74 Å². The normalized spacial score (nSPS) is 19.9. The van der Waals surface area contributed by atoms with Crippen LogP contribution in [0.5, 0.6) is 0 Å². The highest BCUT2D eigenvalue weighted by molar-refractivity contribution is 5.93. The molecule has 0 bridgehead atoms. The highest BCUT2D eigenvalue weighted by Gasteiger charge is 2.15. The van der Waals surface area contributed by atoms with E-state index in [0.717, 1.165) is 36.3 Å². The highest BCUT2D eigenvalue weighted by Crippen LogP contribution is 2.26. The van der Waals surface area contributed by atoms with Gasteiger partial charge in [-0.05, 0) is 37.8 Å². The van der Waals surface area contributed by atoms with Crippen LogP contribution in [0.3, 0.4) is 0 Å². The van der Waals surface area contributed by atoms with E-state index in [1.165, 1.54) is 12.6 Å². The van der Waals surface area contributed by atoms with Crippen LogP contribution in [-0.4, -0.2) is 19.0 Å². The summed E-state index contributed by atoms with van der Waals surface area (Å²) in [6.07, 6.45) is 4.66. The van der Waals surface area contributed by atoms with Crippen LogP contribution in [0.4, 0.5) is 11.4 Å². The van der Waals surface area contributed by atoms with Gasteiger partial charge in [0, 0.05) is 29.8 Å². The van der Waals surface area contributed by atoms with Crippen molar-refractivity contribution in [2.45, 2.75) is 32.4 Å². The Hall–Kier alpha value is -1.55. The molecule has 17 heavy (non-hydrogen) atoms. The first-order valence-corrected chi connectivity index (χ1v) is 6.00. The van der Waals surface area contributed by atoms with E-state index in [1.54, 1.807) is 0 Å². The number of anilines is 2. The highest BCUT2D eigenvalue weighted by atomic mass is 16.5.